The number of hydrogen-bond donors (Lipinski definition) is 0. The Morgan fingerprint density at radius 1 is 1.10 bits per heavy atom. The van der Waals surface area contributed by atoms with Gasteiger partial charge in [-0.2, -0.15) is 0 Å². The molecule has 0 bridgehead atoms. The monoisotopic (exact) mass is 269 g/mol. The van der Waals surface area contributed by atoms with E-state index in [0.29, 0.717) is 5.84 Å². The lowest BCUT2D eigenvalue weighted by atomic mass is 10.2. The predicted molar refractivity (Wildman–Crippen MR) is 74.1 cm³/mol. The van der Waals surface area contributed by atoms with Crippen molar-refractivity contribution < 1.29 is 14.5 Å². The van der Waals surface area contributed by atoms with Gasteiger partial charge in [-0.15, -0.1) is 0 Å². The molecule has 0 fully saturated rings. The second-order valence-corrected chi connectivity index (χ2v) is 3.86. The van der Waals surface area contributed by atoms with E-state index in [1.807, 2.05) is 48.5 Å². The van der Waals surface area contributed by atoms with Crippen LogP contribution in [-0.2, 0) is 4.74 Å². The maximum atomic E-state index is 11.5. The molecule has 0 atom stereocenters. The van der Waals surface area contributed by atoms with Crippen LogP contribution in [0.15, 0.2) is 71.0 Å². The average molecular weight is 269 g/mol. The summed E-state index contributed by atoms with van der Waals surface area (Å²) in [5.74, 6) is 0.306. The number of nitrogens with zero attached hydrogens (tertiary/aromatic N) is 3. The van der Waals surface area contributed by atoms with Crippen LogP contribution < -0.4 is 9.78 Å². The van der Waals surface area contributed by atoms with Crippen LogP contribution in [0.5, 0.6) is 0 Å². The lowest BCUT2D eigenvalue weighted by molar-refractivity contribution is -0.678. The standard InChI is InChI=1S/C15H15N3O2/c1-2-20-15(19)16-14(13-9-5-3-6-10-13)17-18-11-7-4-8-12-18/h3-12H,2H2,1H3. The number of aliphatic imine (C=N–C) groups is 1. The normalized spacial score (nSPS) is 12.2. The number of pyridine rings is 1. The van der Waals surface area contributed by atoms with Gasteiger partial charge in [0.1, 0.15) is 0 Å². The Labute approximate surface area is 117 Å². The van der Waals surface area contributed by atoms with Crippen LogP contribution in [0.1, 0.15) is 12.5 Å². The van der Waals surface area contributed by atoms with Crippen LogP contribution in [0.25, 0.3) is 0 Å². The summed E-state index contributed by atoms with van der Waals surface area (Å²) < 4.78 is 6.42. The van der Waals surface area contributed by atoms with E-state index in [0.717, 1.165) is 5.56 Å². The zero-order chi connectivity index (χ0) is 14.2. The fourth-order valence-corrected chi connectivity index (χ4v) is 1.54. The summed E-state index contributed by atoms with van der Waals surface area (Å²) in [5, 5.41) is 15.9. The van der Waals surface area contributed by atoms with Crippen molar-refractivity contribution >= 4 is 11.9 Å². The number of hydrogen-bond acceptors (Lipinski definition) is 3. The molecule has 5 nitrogen and oxygen atoms in total. The first-order valence-corrected chi connectivity index (χ1v) is 6.29. The molecule has 0 unspecified atom stereocenters. The number of rotatable bonds is 3. The molecule has 0 aliphatic rings. The second-order valence-electron chi connectivity index (χ2n) is 3.86. The van der Waals surface area contributed by atoms with Crippen molar-refractivity contribution in [3.63, 3.8) is 0 Å². The van der Waals surface area contributed by atoms with Crippen LogP contribution in [-0.4, -0.2) is 18.5 Å². The maximum absolute atomic E-state index is 11.5. The SMILES string of the molecule is CCOC([O-])=N/C(=N/[n+]1ccccc1)c1ccccc1. The minimum Gasteiger partial charge on any atom is -0.600 e. The van der Waals surface area contributed by atoms with Crippen molar-refractivity contribution in [1.29, 1.82) is 0 Å². The number of amidine groups is 1. The van der Waals surface area contributed by atoms with Crippen LogP contribution in [0.2, 0.25) is 0 Å². The van der Waals surface area contributed by atoms with Gasteiger partial charge in [0.25, 0.3) is 0 Å². The first kappa shape index (κ1) is 13.7. The van der Waals surface area contributed by atoms with Gasteiger partial charge in [0.2, 0.25) is 18.2 Å². The zero-order valence-electron chi connectivity index (χ0n) is 11.1. The molecule has 102 valence electrons. The highest BCUT2D eigenvalue weighted by Gasteiger charge is 2.06. The minimum absolute atomic E-state index is 0.281. The van der Waals surface area contributed by atoms with Gasteiger partial charge in [-0.05, 0) is 6.61 Å². The van der Waals surface area contributed by atoms with Crippen molar-refractivity contribution in [2.24, 2.45) is 10.1 Å². The molecule has 1 aromatic heterocycles. The van der Waals surface area contributed by atoms with Crippen LogP contribution in [0.3, 0.4) is 0 Å². The van der Waals surface area contributed by atoms with Gasteiger partial charge in [-0.3, -0.25) is 0 Å². The molecule has 0 aliphatic carbocycles. The summed E-state index contributed by atoms with van der Waals surface area (Å²) >= 11 is 0. The van der Waals surface area contributed by atoms with Crippen molar-refractivity contribution in [2.75, 3.05) is 6.61 Å². The van der Waals surface area contributed by atoms with Crippen LogP contribution >= 0.6 is 0 Å². The summed E-state index contributed by atoms with van der Waals surface area (Å²) in [4.78, 5) is 3.90. The fraction of sp³-hybridized carbons (Fsp3) is 0.133. The predicted octanol–water partition coefficient (Wildman–Crippen LogP) is 0.937. The molecule has 0 saturated carbocycles. The number of ether oxygens (including phenoxy) is 1. The van der Waals surface area contributed by atoms with E-state index in [1.54, 1.807) is 24.0 Å². The van der Waals surface area contributed by atoms with Crippen molar-refractivity contribution in [1.82, 2.24) is 0 Å². The highest BCUT2D eigenvalue weighted by Crippen LogP contribution is 2.02. The van der Waals surface area contributed by atoms with E-state index in [-0.39, 0.29) is 6.61 Å². The van der Waals surface area contributed by atoms with E-state index in [9.17, 15) is 5.11 Å². The van der Waals surface area contributed by atoms with E-state index >= 15 is 0 Å². The Bertz CT molecular complexity index is 595. The highest BCUT2D eigenvalue weighted by molar-refractivity contribution is 6.03. The van der Waals surface area contributed by atoms with Crippen molar-refractivity contribution in [3.8, 4) is 0 Å². The third-order valence-corrected chi connectivity index (χ3v) is 2.41. The van der Waals surface area contributed by atoms with Gasteiger partial charge >= 0.3 is 0 Å². The first-order valence-electron chi connectivity index (χ1n) is 6.29. The summed E-state index contributed by atoms with van der Waals surface area (Å²) in [6.45, 7) is 2.02. The molecule has 20 heavy (non-hydrogen) atoms. The second kappa shape index (κ2) is 7.04. The largest absolute Gasteiger partial charge is 0.600 e. The molecule has 0 aliphatic heterocycles. The Morgan fingerprint density at radius 2 is 1.75 bits per heavy atom. The summed E-state index contributed by atoms with van der Waals surface area (Å²) in [6, 6.07) is 14.9. The molecule has 1 heterocycles. The topological polar surface area (TPSA) is 60.9 Å². The molecule has 0 N–H and O–H groups in total. The van der Waals surface area contributed by atoms with E-state index in [1.165, 1.54) is 0 Å². The smallest absolute Gasteiger partial charge is 0.229 e. The molecule has 5 heteroatoms. The fourth-order valence-electron chi connectivity index (χ4n) is 1.54. The lowest BCUT2D eigenvalue weighted by Gasteiger charge is -2.10. The molecule has 0 amide bonds. The van der Waals surface area contributed by atoms with Gasteiger partial charge in [-0.25, -0.2) is 4.99 Å². The third-order valence-electron chi connectivity index (χ3n) is 2.41. The van der Waals surface area contributed by atoms with Crippen LogP contribution in [0.4, 0.5) is 0 Å². The van der Waals surface area contributed by atoms with E-state index in [2.05, 4.69) is 10.1 Å². The van der Waals surface area contributed by atoms with Crippen molar-refractivity contribution in [3.05, 3.63) is 66.5 Å². The van der Waals surface area contributed by atoms with Crippen LogP contribution in [0, 0.1) is 0 Å². The molecule has 2 aromatic rings. The minimum atomic E-state index is -0.647. The molecule has 2 rings (SSSR count). The van der Waals surface area contributed by atoms with Gasteiger partial charge in [0.15, 0.2) is 6.08 Å². The van der Waals surface area contributed by atoms with Crippen molar-refractivity contribution in [2.45, 2.75) is 6.92 Å². The van der Waals surface area contributed by atoms with E-state index < -0.39 is 6.08 Å². The Balaban J connectivity index is 2.40. The Morgan fingerprint density at radius 3 is 2.40 bits per heavy atom. The maximum Gasteiger partial charge on any atom is 0.229 e. The number of aromatic nitrogens is 1. The van der Waals surface area contributed by atoms with Gasteiger partial charge < -0.3 is 9.84 Å². The average Bonchev–Trinajstić information content (AvgIpc) is 2.49. The Hall–Kier alpha value is -2.69. The first-order chi connectivity index (χ1) is 9.79. The Kier molecular flexibility index (Phi) is 4.83. The summed E-state index contributed by atoms with van der Waals surface area (Å²) in [6.07, 6.45) is 2.89. The quantitative estimate of drug-likeness (QED) is 0.473. The highest BCUT2D eigenvalue weighted by atomic mass is 16.6. The summed E-state index contributed by atoms with van der Waals surface area (Å²) in [7, 11) is 0. The molecule has 0 saturated heterocycles. The van der Waals surface area contributed by atoms with Gasteiger partial charge in [0, 0.05) is 22.8 Å². The molecular weight excluding hydrogens is 254 g/mol. The number of benzene rings is 1. The zero-order valence-corrected chi connectivity index (χ0v) is 11.1. The lowest BCUT2D eigenvalue weighted by Crippen LogP contribution is -2.29. The summed E-state index contributed by atoms with van der Waals surface area (Å²) in [5.41, 5.74) is 0.747. The third kappa shape index (κ3) is 3.91. The van der Waals surface area contributed by atoms with Gasteiger partial charge in [-0.1, -0.05) is 48.0 Å². The van der Waals surface area contributed by atoms with Gasteiger partial charge in [0.05, 0.1) is 0 Å². The molecule has 1 aromatic carbocycles. The van der Waals surface area contributed by atoms with E-state index in [4.69, 9.17) is 4.74 Å². The molecular formula is C15H15N3O2. The molecule has 0 radical (unpaired) electrons. The molecule has 0 spiro atoms.